The summed E-state index contributed by atoms with van der Waals surface area (Å²) in [5.74, 6) is 0.260. The Kier molecular flexibility index (Phi) is 3.75. The van der Waals surface area contributed by atoms with Crippen LogP contribution >= 0.6 is 0 Å². The molecule has 2 aliphatic rings. The number of hydrogen-bond acceptors (Lipinski definition) is 6. The van der Waals surface area contributed by atoms with E-state index in [0.717, 1.165) is 45.4 Å². The summed E-state index contributed by atoms with van der Waals surface area (Å²) in [6.07, 6.45) is 5.90. The van der Waals surface area contributed by atoms with Gasteiger partial charge in [0.05, 0.1) is 23.8 Å². The van der Waals surface area contributed by atoms with Gasteiger partial charge in [0.15, 0.2) is 5.82 Å². The molecule has 128 valence electrons. The molecular formula is C17H21FN4O2. The molecule has 2 aliphatic heterocycles. The quantitative estimate of drug-likeness (QED) is 0.842. The van der Waals surface area contributed by atoms with E-state index in [1.54, 1.807) is 13.1 Å². The molecule has 2 aromatic heterocycles. The lowest BCUT2D eigenvalue weighted by atomic mass is 9.90. The van der Waals surface area contributed by atoms with E-state index in [9.17, 15) is 4.39 Å². The van der Waals surface area contributed by atoms with Crippen LogP contribution in [0.1, 0.15) is 31.4 Å². The Morgan fingerprint density at radius 3 is 2.88 bits per heavy atom. The topological polar surface area (TPSA) is 60.4 Å². The van der Waals surface area contributed by atoms with E-state index >= 15 is 0 Å². The first-order valence-corrected chi connectivity index (χ1v) is 8.38. The third-order valence-corrected chi connectivity index (χ3v) is 5.02. The molecule has 0 bridgehead atoms. The van der Waals surface area contributed by atoms with E-state index in [2.05, 4.69) is 19.9 Å². The second-order valence-electron chi connectivity index (χ2n) is 6.61. The van der Waals surface area contributed by atoms with Gasteiger partial charge < -0.3 is 14.4 Å². The van der Waals surface area contributed by atoms with Crippen molar-refractivity contribution in [1.82, 2.24) is 15.0 Å². The highest BCUT2D eigenvalue weighted by Gasteiger charge is 2.40. The van der Waals surface area contributed by atoms with Crippen molar-refractivity contribution >= 4 is 16.7 Å². The molecule has 4 heterocycles. The highest BCUT2D eigenvalue weighted by molar-refractivity contribution is 5.90. The minimum absolute atomic E-state index is 0.0978. The predicted octanol–water partition coefficient (Wildman–Crippen LogP) is 2.63. The van der Waals surface area contributed by atoms with Crippen LogP contribution in [0, 0.1) is 12.7 Å². The van der Waals surface area contributed by atoms with Gasteiger partial charge >= 0.3 is 6.01 Å². The average Bonchev–Trinajstić information content (AvgIpc) is 3.05. The molecule has 0 aliphatic carbocycles. The second-order valence-corrected chi connectivity index (χ2v) is 6.61. The molecule has 2 aromatic rings. The Hall–Kier alpha value is -2.02. The summed E-state index contributed by atoms with van der Waals surface area (Å²) in [5.41, 5.74) is 0.485. The van der Waals surface area contributed by atoms with Gasteiger partial charge in [0.2, 0.25) is 0 Å². The summed E-state index contributed by atoms with van der Waals surface area (Å²) < 4.78 is 25.7. The van der Waals surface area contributed by atoms with Crippen molar-refractivity contribution < 1.29 is 13.9 Å². The van der Waals surface area contributed by atoms with E-state index in [1.165, 1.54) is 7.11 Å². The smallest absolute Gasteiger partial charge is 0.318 e. The number of halogens is 1. The first-order valence-electron chi connectivity index (χ1n) is 8.38. The van der Waals surface area contributed by atoms with Crippen LogP contribution in [0.3, 0.4) is 0 Å². The molecule has 2 saturated heterocycles. The first kappa shape index (κ1) is 15.5. The zero-order chi connectivity index (χ0) is 16.7. The molecule has 0 N–H and O–H groups in total. The summed E-state index contributed by atoms with van der Waals surface area (Å²) >= 11 is 0. The lowest BCUT2D eigenvalue weighted by molar-refractivity contribution is -0.00632. The van der Waals surface area contributed by atoms with Crippen molar-refractivity contribution in [2.45, 2.75) is 38.2 Å². The third kappa shape index (κ3) is 2.47. The molecular weight excluding hydrogens is 311 g/mol. The second kappa shape index (κ2) is 5.81. The van der Waals surface area contributed by atoms with E-state index in [-0.39, 0.29) is 17.1 Å². The summed E-state index contributed by atoms with van der Waals surface area (Å²) in [7, 11) is 1.49. The number of aryl methyl sites for hydroxylation is 1. The predicted molar refractivity (Wildman–Crippen MR) is 87.9 cm³/mol. The molecule has 4 rings (SSSR count). The number of fused-ring (bicyclic) bond motifs is 1. The number of ether oxygens (including phenoxy) is 2. The number of nitrogens with zero attached hydrogens (tertiary/aromatic N) is 4. The van der Waals surface area contributed by atoms with E-state index < -0.39 is 5.82 Å². The van der Waals surface area contributed by atoms with E-state index in [0.29, 0.717) is 16.9 Å². The minimum atomic E-state index is -0.418. The largest absolute Gasteiger partial charge is 0.467 e. The molecule has 1 atom stereocenters. The Bertz CT molecular complexity index is 777. The van der Waals surface area contributed by atoms with Gasteiger partial charge in [-0.25, -0.2) is 4.39 Å². The standard InChI is InChI=1S/C17H21FN4O2/c1-11-13(18)14-12(9-19-11)15(21-16(20-14)23-2)22-7-3-5-17(10-22)6-4-8-24-17/h9H,3-8,10H2,1-2H3. The fourth-order valence-electron chi connectivity index (χ4n) is 3.80. The zero-order valence-corrected chi connectivity index (χ0v) is 14.0. The van der Waals surface area contributed by atoms with Gasteiger partial charge in [0.25, 0.3) is 0 Å². The minimum Gasteiger partial charge on any atom is -0.467 e. The SMILES string of the molecule is COc1nc(N2CCCC3(CCCO3)C2)c2cnc(C)c(F)c2n1. The lowest BCUT2D eigenvalue weighted by Gasteiger charge is -2.40. The van der Waals surface area contributed by atoms with Crippen LogP contribution in [-0.2, 0) is 4.74 Å². The Morgan fingerprint density at radius 2 is 2.12 bits per heavy atom. The summed E-state index contributed by atoms with van der Waals surface area (Å²) in [6.45, 7) is 4.07. The number of anilines is 1. The van der Waals surface area contributed by atoms with Gasteiger partial charge in [0.1, 0.15) is 11.3 Å². The molecule has 0 saturated carbocycles. The molecule has 2 fully saturated rings. The summed E-state index contributed by atoms with van der Waals surface area (Å²) in [4.78, 5) is 15.0. The normalized spacial score (nSPS) is 24.0. The van der Waals surface area contributed by atoms with Crippen LogP contribution < -0.4 is 9.64 Å². The monoisotopic (exact) mass is 332 g/mol. The number of rotatable bonds is 2. The van der Waals surface area contributed by atoms with Crippen LogP contribution in [-0.4, -0.2) is 47.4 Å². The van der Waals surface area contributed by atoms with Crippen molar-refractivity contribution in [3.63, 3.8) is 0 Å². The maximum atomic E-state index is 14.5. The van der Waals surface area contributed by atoms with E-state index in [4.69, 9.17) is 9.47 Å². The van der Waals surface area contributed by atoms with Crippen molar-refractivity contribution in [1.29, 1.82) is 0 Å². The Balaban J connectivity index is 1.81. The molecule has 1 unspecified atom stereocenters. The van der Waals surface area contributed by atoms with Crippen LogP contribution in [0.4, 0.5) is 10.2 Å². The molecule has 1 spiro atoms. The zero-order valence-electron chi connectivity index (χ0n) is 14.0. The summed E-state index contributed by atoms with van der Waals surface area (Å²) in [5, 5.41) is 0.619. The van der Waals surface area contributed by atoms with Gasteiger partial charge in [-0.05, 0) is 32.6 Å². The Morgan fingerprint density at radius 1 is 1.29 bits per heavy atom. The van der Waals surface area contributed by atoms with Gasteiger partial charge in [-0.15, -0.1) is 0 Å². The maximum Gasteiger partial charge on any atom is 0.318 e. The van der Waals surface area contributed by atoms with Crippen molar-refractivity contribution in [2.24, 2.45) is 0 Å². The molecule has 0 aromatic carbocycles. The molecule has 7 heteroatoms. The average molecular weight is 332 g/mol. The van der Waals surface area contributed by atoms with Gasteiger partial charge in [-0.2, -0.15) is 9.97 Å². The van der Waals surface area contributed by atoms with Crippen molar-refractivity contribution in [2.75, 3.05) is 31.7 Å². The molecule has 24 heavy (non-hydrogen) atoms. The molecule has 0 amide bonds. The van der Waals surface area contributed by atoms with Crippen molar-refractivity contribution in [3.8, 4) is 6.01 Å². The first-order chi connectivity index (χ1) is 11.6. The van der Waals surface area contributed by atoms with Crippen molar-refractivity contribution in [3.05, 3.63) is 17.7 Å². The number of methoxy groups -OCH3 is 1. The Labute approximate surface area is 140 Å². The molecule has 6 nitrogen and oxygen atoms in total. The fraction of sp³-hybridized carbons (Fsp3) is 0.588. The summed E-state index contributed by atoms with van der Waals surface area (Å²) in [6, 6.07) is 0.175. The number of hydrogen-bond donors (Lipinski definition) is 0. The van der Waals surface area contributed by atoms with Gasteiger partial charge in [0, 0.05) is 25.9 Å². The number of aromatic nitrogens is 3. The third-order valence-electron chi connectivity index (χ3n) is 5.02. The van der Waals surface area contributed by atoms with E-state index in [1.807, 2.05) is 0 Å². The highest BCUT2D eigenvalue weighted by Crippen LogP contribution is 2.38. The van der Waals surface area contributed by atoms with Gasteiger partial charge in [-0.1, -0.05) is 0 Å². The van der Waals surface area contributed by atoms with Crippen LogP contribution in [0.5, 0.6) is 6.01 Å². The number of pyridine rings is 1. The van der Waals surface area contributed by atoms with Gasteiger partial charge in [-0.3, -0.25) is 4.98 Å². The lowest BCUT2D eigenvalue weighted by Crippen LogP contribution is -2.48. The maximum absolute atomic E-state index is 14.5. The van der Waals surface area contributed by atoms with Crippen LogP contribution in [0.15, 0.2) is 6.20 Å². The fourth-order valence-corrected chi connectivity index (χ4v) is 3.80. The van der Waals surface area contributed by atoms with Crippen LogP contribution in [0.2, 0.25) is 0 Å². The van der Waals surface area contributed by atoms with Crippen LogP contribution in [0.25, 0.3) is 10.9 Å². The molecule has 0 radical (unpaired) electrons. The highest BCUT2D eigenvalue weighted by atomic mass is 19.1. The number of piperidine rings is 1.